The van der Waals surface area contributed by atoms with Crippen molar-refractivity contribution < 1.29 is 18.7 Å². The van der Waals surface area contributed by atoms with Crippen LogP contribution >= 0.6 is 0 Å². The van der Waals surface area contributed by atoms with Crippen LogP contribution in [0, 0.1) is 11.7 Å². The number of benzene rings is 2. The van der Waals surface area contributed by atoms with Gasteiger partial charge in [-0.2, -0.15) is 0 Å². The highest BCUT2D eigenvalue weighted by Gasteiger charge is 2.30. The van der Waals surface area contributed by atoms with Crippen molar-refractivity contribution in [2.75, 3.05) is 24.6 Å². The van der Waals surface area contributed by atoms with Crippen LogP contribution in [0.1, 0.15) is 30.6 Å². The fourth-order valence-corrected chi connectivity index (χ4v) is 3.29. The van der Waals surface area contributed by atoms with Crippen LogP contribution in [0.15, 0.2) is 48.5 Å². The minimum absolute atomic E-state index is 0.103. The van der Waals surface area contributed by atoms with Gasteiger partial charge in [0.2, 0.25) is 0 Å². The normalized spacial score (nSPS) is 19.9. The average Bonchev–Trinajstić information content (AvgIpc) is 2.66. The summed E-state index contributed by atoms with van der Waals surface area (Å²) in [4.78, 5) is 14.3. The summed E-state index contributed by atoms with van der Waals surface area (Å²) in [5, 5.41) is 0. The lowest BCUT2D eigenvalue weighted by Crippen LogP contribution is -2.44. The smallest absolute Gasteiger partial charge is 0.338 e. The molecule has 1 aliphatic rings. The van der Waals surface area contributed by atoms with E-state index in [2.05, 4.69) is 0 Å². The zero-order valence-electron chi connectivity index (χ0n) is 15.2. The van der Waals surface area contributed by atoms with Gasteiger partial charge in [-0.05, 0) is 31.2 Å². The second kappa shape index (κ2) is 8.21. The van der Waals surface area contributed by atoms with E-state index in [0.717, 1.165) is 0 Å². The van der Waals surface area contributed by atoms with E-state index in [0.29, 0.717) is 43.1 Å². The Morgan fingerprint density at radius 2 is 2.00 bits per heavy atom. The molecule has 2 aromatic rings. The summed E-state index contributed by atoms with van der Waals surface area (Å²) >= 11 is 0. The molecule has 1 saturated heterocycles. The van der Waals surface area contributed by atoms with Crippen molar-refractivity contribution in [3.8, 4) is 5.75 Å². The molecule has 0 saturated carbocycles. The molecule has 2 aromatic carbocycles. The first-order chi connectivity index (χ1) is 12.6. The standard InChI is InChI=1S/C21H24FNO3/c1-3-25-17-9-10-18(22)19(13-17)23-12-11-20(15(2)14-23)26-21(24)16-7-5-4-6-8-16/h4-10,13,15,20H,3,11-12,14H2,1-2H3/t15-,20-/m1/s1. The zero-order valence-corrected chi connectivity index (χ0v) is 15.2. The summed E-state index contributed by atoms with van der Waals surface area (Å²) in [5.74, 6) is 0.196. The highest BCUT2D eigenvalue weighted by Crippen LogP contribution is 2.30. The van der Waals surface area contributed by atoms with E-state index in [1.165, 1.54) is 6.07 Å². The Morgan fingerprint density at radius 1 is 1.23 bits per heavy atom. The number of piperidine rings is 1. The lowest BCUT2D eigenvalue weighted by atomic mass is 9.95. The molecule has 0 bridgehead atoms. The Kier molecular flexibility index (Phi) is 5.76. The first kappa shape index (κ1) is 18.2. The highest BCUT2D eigenvalue weighted by molar-refractivity contribution is 5.89. The van der Waals surface area contributed by atoms with Gasteiger partial charge in [0, 0.05) is 31.5 Å². The molecule has 4 nitrogen and oxygen atoms in total. The van der Waals surface area contributed by atoms with Gasteiger partial charge in [0.05, 0.1) is 17.9 Å². The van der Waals surface area contributed by atoms with Gasteiger partial charge < -0.3 is 14.4 Å². The SMILES string of the molecule is CCOc1ccc(F)c(N2CC[C@@H](OC(=O)c3ccccc3)[C@H](C)C2)c1. The largest absolute Gasteiger partial charge is 0.494 e. The number of anilines is 1. The number of esters is 1. The molecule has 1 heterocycles. The Balaban J connectivity index is 1.65. The summed E-state index contributed by atoms with van der Waals surface area (Å²) < 4.78 is 25.4. The number of halogens is 1. The molecular formula is C21H24FNO3. The third-order valence-corrected chi connectivity index (χ3v) is 4.66. The van der Waals surface area contributed by atoms with Gasteiger partial charge in [0.25, 0.3) is 0 Å². The number of ether oxygens (including phenoxy) is 2. The van der Waals surface area contributed by atoms with E-state index in [4.69, 9.17) is 9.47 Å². The predicted octanol–water partition coefficient (Wildman–Crippen LogP) is 4.30. The molecule has 3 rings (SSSR count). The average molecular weight is 357 g/mol. The van der Waals surface area contributed by atoms with E-state index in [-0.39, 0.29) is 23.8 Å². The quantitative estimate of drug-likeness (QED) is 0.748. The Hall–Kier alpha value is -2.56. The lowest BCUT2D eigenvalue weighted by molar-refractivity contribution is 0.0106. The predicted molar refractivity (Wildman–Crippen MR) is 99.2 cm³/mol. The van der Waals surface area contributed by atoms with E-state index < -0.39 is 0 Å². The molecule has 2 atom stereocenters. The summed E-state index contributed by atoms with van der Waals surface area (Å²) in [6.45, 7) is 5.72. The fourth-order valence-electron chi connectivity index (χ4n) is 3.29. The molecule has 26 heavy (non-hydrogen) atoms. The van der Waals surface area contributed by atoms with Gasteiger partial charge in [-0.3, -0.25) is 0 Å². The van der Waals surface area contributed by atoms with Gasteiger partial charge in [-0.1, -0.05) is 25.1 Å². The first-order valence-corrected chi connectivity index (χ1v) is 9.01. The minimum atomic E-state index is -0.305. The van der Waals surface area contributed by atoms with Crippen LogP contribution in [0.2, 0.25) is 0 Å². The summed E-state index contributed by atoms with van der Waals surface area (Å²) in [6.07, 6.45) is 0.495. The molecule has 1 fully saturated rings. The van der Waals surface area contributed by atoms with Crippen LogP contribution < -0.4 is 9.64 Å². The second-order valence-corrected chi connectivity index (χ2v) is 6.57. The molecule has 0 amide bonds. The minimum Gasteiger partial charge on any atom is -0.494 e. The van der Waals surface area contributed by atoms with E-state index >= 15 is 0 Å². The Morgan fingerprint density at radius 3 is 2.69 bits per heavy atom. The molecule has 0 N–H and O–H groups in total. The van der Waals surface area contributed by atoms with Gasteiger partial charge in [0.1, 0.15) is 17.7 Å². The summed E-state index contributed by atoms with van der Waals surface area (Å²) in [6, 6.07) is 13.8. The van der Waals surface area contributed by atoms with Crippen molar-refractivity contribution in [2.24, 2.45) is 5.92 Å². The molecule has 0 unspecified atom stereocenters. The molecule has 0 aliphatic carbocycles. The van der Waals surface area contributed by atoms with Crippen LogP contribution in [-0.2, 0) is 4.74 Å². The van der Waals surface area contributed by atoms with Crippen LogP contribution in [-0.4, -0.2) is 31.8 Å². The number of carbonyl (C=O) groups is 1. The van der Waals surface area contributed by atoms with Crippen molar-refractivity contribution in [2.45, 2.75) is 26.4 Å². The molecule has 0 radical (unpaired) electrons. The Bertz CT molecular complexity index is 750. The molecule has 138 valence electrons. The van der Waals surface area contributed by atoms with Crippen LogP contribution in [0.5, 0.6) is 5.75 Å². The number of rotatable bonds is 5. The van der Waals surface area contributed by atoms with Crippen molar-refractivity contribution in [3.05, 3.63) is 59.9 Å². The highest BCUT2D eigenvalue weighted by atomic mass is 19.1. The Labute approximate surface area is 153 Å². The number of nitrogens with zero attached hydrogens (tertiary/aromatic N) is 1. The van der Waals surface area contributed by atoms with Gasteiger partial charge in [0.15, 0.2) is 0 Å². The third-order valence-electron chi connectivity index (χ3n) is 4.66. The zero-order chi connectivity index (χ0) is 18.5. The maximum absolute atomic E-state index is 14.3. The molecule has 0 spiro atoms. The van der Waals surface area contributed by atoms with Gasteiger partial charge in [-0.15, -0.1) is 0 Å². The topological polar surface area (TPSA) is 38.8 Å². The van der Waals surface area contributed by atoms with E-state index in [1.54, 1.807) is 24.3 Å². The summed E-state index contributed by atoms with van der Waals surface area (Å²) in [5.41, 5.74) is 1.09. The van der Waals surface area contributed by atoms with Crippen LogP contribution in [0.3, 0.4) is 0 Å². The van der Waals surface area contributed by atoms with Crippen LogP contribution in [0.25, 0.3) is 0 Å². The van der Waals surface area contributed by atoms with Crippen molar-refractivity contribution in [3.63, 3.8) is 0 Å². The fraction of sp³-hybridized carbons (Fsp3) is 0.381. The number of carbonyl (C=O) groups excluding carboxylic acids is 1. The van der Waals surface area contributed by atoms with Crippen molar-refractivity contribution >= 4 is 11.7 Å². The van der Waals surface area contributed by atoms with Gasteiger partial charge >= 0.3 is 5.97 Å². The van der Waals surface area contributed by atoms with Gasteiger partial charge in [-0.25, -0.2) is 9.18 Å². The molecular weight excluding hydrogens is 333 g/mol. The first-order valence-electron chi connectivity index (χ1n) is 9.01. The summed E-state index contributed by atoms with van der Waals surface area (Å²) in [7, 11) is 0. The third kappa shape index (κ3) is 4.15. The molecule has 0 aromatic heterocycles. The van der Waals surface area contributed by atoms with E-state index in [1.807, 2.05) is 36.9 Å². The van der Waals surface area contributed by atoms with Crippen LogP contribution in [0.4, 0.5) is 10.1 Å². The second-order valence-electron chi connectivity index (χ2n) is 6.57. The molecule has 1 aliphatic heterocycles. The van der Waals surface area contributed by atoms with Crippen molar-refractivity contribution in [1.82, 2.24) is 0 Å². The maximum Gasteiger partial charge on any atom is 0.338 e. The monoisotopic (exact) mass is 357 g/mol. The number of hydrogen-bond donors (Lipinski definition) is 0. The maximum atomic E-state index is 14.3. The lowest BCUT2D eigenvalue weighted by Gasteiger charge is -2.38. The molecule has 5 heteroatoms. The van der Waals surface area contributed by atoms with E-state index in [9.17, 15) is 9.18 Å². The van der Waals surface area contributed by atoms with Crippen molar-refractivity contribution in [1.29, 1.82) is 0 Å². The number of hydrogen-bond acceptors (Lipinski definition) is 4.